The molecule has 1 heterocycles. The second-order valence-corrected chi connectivity index (χ2v) is 7.30. The molecule has 1 atom stereocenters. The standard InChI is InChI=1S/C22H25N3O3/c1-13(2)21(15-8-10-16(11-9-15)22(27)25-28)24-20(26)12-18-14(3)23-19-7-5-4-6-17(18)19/h4-11,13,21,23,28H,12H2,1-3H3,(H,24,26)(H,25,27). The fourth-order valence-corrected chi connectivity index (χ4v) is 3.49. The largest absolute Gasteiger partial charge is 0.358 e. The molecule has 2 amide bonds. The summed E-state index contributed by atoms with van der Waals surface area (Å²) in [4.78, 5) is 27.6. The highest BCUT2D eigenvalue weighted by atomic mass is 16.5. The van der Waals surface area contributed by atoms with Crippen molar-refractivity contribution in [2.45, 2.75) is 33.2 Å². The van der Waals surface area contributed by atoms with Crippen LogP contribution in [-0.4, -0.2) is 22.0 Å². The number of benzene rings is 2. The molecule has 28 heavy (non-hydrogen) atoms. The van der Waals surface area contributed by atoms with Crippen LogP contribution in [0.1, 0.15) is 47.1 Å². The Kier molecular flexibility index (Phi) is 5.80. The van der Waals surface area contributed by atoms with E-state index in [9.17, 15) is 9.59 Å². The summed E-state index contributed by atoms with van der Waals surface area (Å²) in [5, 5.41) is 12.9. The monoisotopic (exact) mass is 379 g/mol. The summed E-state index contributed by atoms with van der Waals surface area (Å²) in [6.45, 7) is 6.06. The number of nitrogens with one attached hydrogen (secondary N) is 3. The first kappa shape index (κ1) is 19.6. The van der Waals surface area contributed by atoms with Gasteiger partial charge >= 0.3 is 0 Å². The first-order valence-electron chi connectivity index (χ1n) is 9.30. The molecule has 0 fully saturated rings. The Labute approximate surface area is 163 Å². The van der Waals surface area contributed by atoms with E-state index in [1.165, 1.54) is 0 Å². The molecule has 1 unspecified atom stereocenters. The van der Waals surface area contributed by atoms with Gasteiger partial charge in [0.05, 0.1) is 12.5 Å². The van der Waals surface area contributed by atoms with Gasteiger partial charge in [-0.1, -0.05) is 44.2 Å². The van der Waals surface area contributed by atoms with Crippen molar-refractivity contribution in [2.24, 2.45) is 5.92 Å². The molecule has 3 aromatic rings. The Balaban J connectivity index is 1.78. The lowest BCUT2D eigenvalue weighted by Gasteiger charge is -2.23. The third-order valence-electron chi connectivity index (χ3n) is 4.98. The number of carbonyl (C=O) groups excluding carboxylic acids is 2. The van der Waals surface area contributed by atoms with Gasteiger partial charge in [-0.2, -0.15) is 0 Å². The van der Waals surface area contributed by atoms with Crippen LogP contribution in [0.3, 0.4) is 0 Å². The fourth-order valence-electron chi connectivity index (χ4n) is 3.49. The third-order valence-corrected chi connectivity index (χ3v) is 4.98. The number of aromatic amines is 1. The number of amides is 2. The minimum atomic E-state index is -0.563. The molecule has 0 aliphatic carbocycles. The van der Waals surface area contributed by atoms with Crippen molar-refractivity contribution in [3.05, 3.63) is 70.9 Å². The van der Waals surface area contributed by atoms with E-state index in [2.05, 4.69) is 10.3 Å². The van der Waals surface area contributed by atoms with Crippen LogP contribution in [0.25, 0.3) is 10.9 Å². The van der Waals surface area contributed by atoms with E-state index in [1.54, 1.807) is 29.7 Å². The lowest BCUT2D eigenvalue weighted by molar-refractivity contribution is -0.121. The summed E-state index contributed by atoms with van der Waals surface area (Å²) in [6.07, 6.45) is 0.296. The Hall–Kier alpha value is -3.12. The molecule has 3 rings (SSSR count). The van der Waals surface area contributed by atoms with Gasteiger partial charge in [0, 0.05) is 22.2 Å². The van der Waals surface area contributed by atoms with Gasteiger partial charge in [-0.3, -0.25) is 14.8 Å². The zero-order valence-electron chi connectivity index (χ0n) is 16.2. The lowest BCUT2D eigenvalue weighted by atomic mass is 9.94. The first-order valence-corrected chi connectivity index (χ1v) is 9.30. The molecular formula is C22H25N3O3. The van der Waals surface area contributed by atoms with Crippen LogP contribution >= 0.6 is 0 Å². The second-order valence-electron chi connectivity index (χ2n) is 7.30. The normalized spacial score (nSPS) is 12.2. The van der Waals surface area contributed by atoms with Gasteiger partial charge in [-0.05, 0) is 42.2 Å². The summed E-state index contributed by atoms with van der Waals surface area (Å²) in [5.74, 6) is -0.444. The highest BCUT2D eigenvalue weighted by Gasteiger charge is 2.20. The summed E-state index contributed by atoms with van der Waals surface area (Å²) < 4.78 is 0. The maximum absolute atomic E-state index is 12.8. The van der Waals surface area contributed by atoms with Crippen molar-refractivity contribution in [2.75, 3.05) is 0 Å². The molecule has 0 saturated heterocycles. The zero-order chi connectivity index (χ0) is 20.3. The number of para-hydroxylation sites is 1. The summed E-state index contributed by atoms with van der Waals surface area (Å²) in [5.41, 5.74) is 5.92. The molecule has 0 bridgehead atoms. The number of fused-ring (bicyclic) bond motifs is 1. The Morgan fingerprint density at radius 3 is 2.39 bits per heavy atom. The van der Waals surface area contributed by atoms with Crippen molar-refractivity contribution in [1.82, 2.24) is 15.8 Å². The van der Waals surface area contributed by atoms with E-state index in [1.807, 2.05) is 45.0 Å². The molecular weight excluding hydrogens is 354 g/mol. The molecule has 146 valence electrons. The van der Waals surface area contributed by atoms with Gasteiger partial charge in [0.25, 0.3) is 5.91 Å². The summed E-state index contributed by atoms with van der Waals surface area (Å²) in [7, 11) is 0. The number of H-pyrrole nitrogens is 1. The number of aromatic nitrogens is 1. The Morgan fingerprint density at radius 2 is 1.75 bits per heavy atom. The molecule has 0 spiro atoms. The maximum Gasteiger partial charge on any atom is 0.274 e. The molecule has 4 N–H and O–H groups in total. The molecule has 2 aromatic carbocycles. The van der Waals surface area contributed by atoms with Gasteiger partial charge < -0.3 is 10.3 Å². The molecule has 6 nitrogen and oxygen atoms in total. The molecule has 0 saturated carbocycles. The van der Waals surface area contributed by atoms with E-state index in [4.69, 9.17) is 5.21 Å². The highest BCUT2D eigenvalue weighted by Crippen LogP contribution is 2.25. The summed E-state index contributed by atoms with van der Waals surface area (Å²) in [6, 6.07) is 14.6. The summed E-state index contributed by atoms with van der Waals surface area (Å²) >= 11 is 0. The number of hydrogen-bond donors (Lipinski definition) is 4. The predicted molar refractivity (Wildman–Crippen MR) is 108 cm³/mol. The van der Waals surface area contributed by atoms with Crippen molar-refractivity contribution in [3.8, 4) is 0 Å². The van der Waals surface area contributed by atoms with E-state index in [0.29, 0.717) is 12.0 Å². The topological polar surface area (TPSA) is 94.2 Å². The van der Waals surface area contributed by atoms with Crippen LogP contribution in [0.15, 0.2) is 48.5 Å². The average Bonchev–Trinajstić information content (AvgIpc) is 3.00. The second kappa shape index (κ2) is 8.27. The maximum atomic E-state index is 12.8. The van der Waals surface area contributed by atoms with E-state index < -0.39 is 5.91 Å². The molecule has 6 heteroatoms. The molecule has 0 aliphatic heterocycles. The van der Waals surface area contributed by atoms with Crippen LogP contribution in [0.5, 0.6) is 0 Å². The van der Waals surface area contributed by atoms with Crippen LogP contribution < -0.4 is 10.8 Å². The minimum Gasteiger partial charge on any atom is -0.358 e. The van der Waals surface area contributed by atoms with Crippen molar-refractivity contribution >= 4 is 22.7 Å². The number of rotatable bonds is 6. The first-order chi connectivity index (χ1) is 13.4. The smallest absolute Gasteiger partial charge is 0.274 e. The van der Waals surface area contributed by atoms with Crippen LogP contribution in [0.2, 0.25) is 0 Å². The minimum absolute atomic E-state index is 0.0521. The van der Waals surface area contributed by atoms with Gasteiger partial charge in [0.2, 0.25) is 5.91 Å². The molecule has 0 radical (unpaired) electrons. The zero-order valence-corrected chi connectivity index (χ0v) is 16.2. The van der Waals surface area contributed by atoms with Crippen LogP contribution in [0.4, 0.5) is 0 Å². The van der Waals surface area contributed by atoms with E-state index >= 15 is 0 Å². The van der Waals surface area contributed by atoms with Gasteiger partial charge in [-0.15, -0.1) is 0 Å². The number of carbonyl (C=O) groups is 2. The number of hydroxylamine groups is 1. The van der Waals surface area contributed by atoms with Crippen molar-refractivity contribution < 1.29 is 14.8 Å². The predicted octanol–water partition coefficient (Wildman–Crippen LogP) is 3.65. The Morgan fingerprint density at radius 1 is 1.07 bits per heavy atom. The SMILES string of the molecule is Cc1[nH]c2ccccc2c1CC(=O)NC(c1ccc(C(=O)NO)cc1)C(C)C. The van der Waals surface area contributed by atoms with E-state index in [0.717, 1.165) is 27.7 Å². The fraction of sp³-hybridized carbons (Fsp3) is 0.273. The van der Waals surface area contributed by atoms with Gasteiger partial charge in [-0.25, -0.2) is 5.48 Å². The third kappa shape index (κ3) is 4.07. The average molecular weight is 379 g/mol. The lowest BCUT2D eigenvalue weighted by Crippen LogP contribution is -2.33. The van der Waals surface area contributed by atoms with Crippen LogP contribution in [-0.2, 0) is 11.2 Å². The van der Waals surface area contributed by atoms with Gasteiger partial charge in [0.15, 0.2) is 0 Å². The number of aryl methyl sites for hydroxylation is 1. The quantitative estimate of drug-likeness (QED) is 0.389. The van der Waals surface area contributed by atoms with Crippen molar-refractivity contribution in [1.29, 1.82) is 0 Å². The number of hydrogen-bond acceptors (Lipinski definition) is 3. The van der Waals surface area contributed by atoms with E-state index in [-0.39, 0.29) is 17.9 Å². The Bertz CT molecular complexity index is 990. The van der Waals surface area contributed by atoms with Gasteiger partial charge in [0.1, 0.15) is 0 Å². The molecule has 0 aliphatic rings. The highest BCUT2D eigenvalue weighted by molar-refractivity contribution is 5.93. The van der Waals surface area contributed by atoms with Crippen molar-refractivity contribution in [3.63, 3.8) is 0 Å². The van der Waals surface area contributed by atoms with Crippen LogP contribution in [0, 0.1) is 12.8 Å². The molecule has 1 aromatic heterocycles.